The zero-order valence-corrected chi connectivity index (χ0v) is 25.9. The third-order valence-corrected chi connectivity index (χ3v) is 8.32. The number of aromatic amines is 1. The van der Waals surface area contributed by atoms with Gasteiger partial charge in [-0.3, -0.25) is 4.90 Å². The summed E-state index contributed by atoms with van der Waals surface area (Å²) in [4.78, 5) is 18.7. The minimum atomic E-state index is -1.20. The Morgan fingerprint density at radius 1 is 1.16 bits per heavy atom. The number of H-pyrrole nitrogens is 1. The maximum atomic E-state index is 13.3. The number of imidazole rings is 1. The van der Waals surface area contributed by atoms with Gasteiger partial charge in [-0.1, -0.05) is 35.6 Å². The van der Waals surface area contributed by atoms with Gasteiger partial charge in [-0.25, -0.2) is 14.3 Å². The van der Waals surface area contributed by atoms with Crippen LogP contribution >= 0.6 is 15.9 Å². The molecule has 37 heavy (non-hydrogen) atoms. The molecule has 0 unspecified atom stereocenters. The Balaban J connectivity index is 1.91. The summed E-state index contributed by atoms with van der Waals surface area (Å²) >= 11 is 3.52. The molecule has 0 saturated carbocycles. The van der Waals surface area contributed by atoms with Crippen LogP contribution in [0.5, 0.6) is 0 Å². The van der Waals surface area contributed by atoms with Gasteiger partial charge in [-0.2, -0.15) is 0 Å². The van der Waals surface area contributed by atoms with Crippen molar-refractivity contribution in [3.63, 3.8) is 0 Å². The number of likely N-dealkylation sites (tertiary alicyclic amines) is 1. The number of carbonyl (C=O) groups excluding carboxylic acids is 1. The average molecular weight is 598 g/mol. The second-order valence-electron chi connectivity index (χ2n) is 11.7. The van der Waals surface area contributed by atoms with E-state index in [0.717, 1.165) is 27.6 Å². The first-order valence-corrected chi connectivity index (χ1v) is 17.4. The van der Waals surface area contributed by atoms with Crippen molar-refractivity contribution in [1.29, 1.82) is 0 Å². The number of carbonyl (C=O) groups is 1. The van der Waals surface area contributed by atoms with Crippen molar-refractivity contribution in [2.45, 2.75) is 77.4 Å². The standard InChI is InChI=1S/C27H42BrN3O5Si/c1-27(2,3)36-26(32)31-17-22(35-13-12-33-4)16-24(31)25-29-23(20-8-10-21(28)11-9-20)18-30(25)19-34-14-15-37(5,6)7/h8-11,18,22,24H,12-17,19H2,1-7H3/p+1/t22-,24-/m0/s1. The quantitative estimate of drug-likeness (QED) is 0.203. The molecular weight excluding hydrogens is 554 g/mol. The van der Waals surface area contributed by atoms with Crippen LogP contribution in [0.3, 0.4) is 0 Å². The number of rotatable bonds is 11. The lowest BCUT2D eigenvalue weighted by Crippen LogP contribution is -2.44. The summed E-state index contributed by atoms with van der Waals surface area (Å²) in [6, 6.07) is 9.02. The number of nitrogens with zero attached hydrogens (tertiary/aromatic N) is 2. The summed E-state index contributed by atoms with van der Waals surface area (Å²) in [5.41, 5.74) is 1.43. The van der Waals surface area contributed by atoms with Crippen LogP contribution in [0.2, 0.25) is 25.7 Å². The van der Waals surface area contributed by atoms with E-state index in [-0.39, 0.29) is 18.2 Å². The van der Waals surface area contributed by atoms with Crippen molar-refractivity contribution in [3.8, 4) is 11.3 Å². The summed E-state index contributed by atoms with van der Waals surface area (Å²) < 4.78 is 26.2. The summed E-state index contributed by atoms with van der Waals surface area (Å²) in [7, 11) is 0.450. The van der Waals surface area contributed by atoms with Crippen molar-refractivity contribution in [3.05, 3.63) is 40.8 Å². The van der Waals surface area contributed by atoms with Gasteiger partial charge < -0.3 is 18.9 Å². The maximum absolute atomic E-state index is 13.3. The highest BCUT2D eigenvalue weighted by atomic mass is 79.9. The van der Waals surface area contributed by atoms with Gasteiger partial charge in [0.1, 0.15) is 17.8 Å². The van der Waals surface area contributed by atoms with Crippen LogP contribution in [0.25, 0.3) is 11.3 Å². The first-order chi connectivity index (χ1) is 17.4. The van der Waals surface area contributed by atoms with Gasteiger partial charge >= 0.3 is 6.09 Å². The Hall–Kier alpha value is -1.72. The van der Waals surface area contributed by atoms with E-state index in [2.05, 4.69) is 63.5 Å². The molecule has 10 heteroatoms. The summed E-state index contributed by atoms with van der Waals surface area (Å²) in [6.45, 7) is 15.2. The lowest BCUT2D eigenvalue weighted by Gasteiger charge is -2.27. The molecule has 1 fully saturated rings. The molecule has 0 radical (unpaired) electrons. The van der Waals surface area contributed by atoms with Gasteiger partial charge in [-0.15, -0.1) is 0 Å². The van der Waals surface area contributed by atoms with E-state index in [1.807, 2.05) is 32.9 Å². The van der Waals surface area contributed by atoms with Gasteiger partial charge in [-0.05, 0) is 51.1 Å². The van der Waals surface area contributed by atoms with Crippen LogP contribution in [-0.4, -0.2) is 69.2 Å². The topological polar surface area (TPSA) is 76.9 Å². The highest BCUT2D eigenvalue weighted by molar-refractivity contribution is 9.10. The van der Waals surface area contributed by atoms with Crippen LogP contribution in [0.15, 0.2) is 34.9 Å². The average Bonchev–Trinajstić information content (AvgIpc) is 3.40. The molecule has 1 aromatic heterocycles. The molecule has 2 aromatic rings. The predicted molar refractivity (Wildman–Crippen MR) is 150 cm³/mol. The number of aromatic nitrogens is 2. The Kier molecular flexibility index (Phi) is 10.4. The van der Waals surface area contributed by atoms with Crippen molar-refractivity contribution in [2.24, 2.45) is 0 Å². The van der Waals surface area contributed by atoms with E-state index in [9.17, 15) is 4.79 Å². The first kappa shape index (κ1) is 29.8. The number of methoxy groups -OCH3 is 1. The number of halogens is 1. The van der Waals surface area contributed by atoms with Crippen molar-refractivity contribution >= 4 is 30.1 Å². The van der Waals surface area contributed by atoms with E-state index in [4.69, 9.17) is 18.9 Å². The molecular formula is C27H43BrN3O5Si+. The molecule has 1 amide bonds. The molecule has 1 aliphatic rings. The second-order valence-corrected chi connectivity index (χ2v) is 18.3. The molecule has 3 rings (SSSR count). The normalized spacial score (nSPS) is 18.4. The Morgan fingerprint density at radius 2 is 1.86 bits per heavy atom. The fraction of sp³-hybridized carbons (Fsp3) is 0.630. The Bertz CT molecular complexity index is 1020. The molecule has 2 heterocycles. The smallest absolute Gasteiger partial charge is 0.411 e. The second kappa shape index (κ2) is 12.9. The molecule has 1 aromatic carbocycles. The number of hydrogen-bond donors (Lipinski definition) is 1. The molecule has 1 saturated heterocycles. The van der Waals surface area contributed by atoms with E-state index >= 15 is 0 Å². The SMILES string of the molecule is COCCO[C@H]1C[C@@H](c2[nH]c(-c3ccc(Br)cc3)c[n+]2COCC[Si](C)(C)C)N(C(=O)OC(C)(C)C)C1. The van der Waals surface area contributed by atoms with Gasteiger partial charge in [0.25, 0.3) is 5.82 Å². The lowest BCUT2D eigenvalue weighted by atomic mass is 10.1. The highest BCUT2D eigenvalue weighted by Crippen LogP contribution is 2.34. The number of amides is 1. The van der Waals surface area contributed by atoms with Gasteiger partial charge in [0, 0.05) is 38.2 Å². The minimum absolute atomic E-state index is 0.117. The van der Waals surface area contributed by atoms with Crippen LogP contribution in [0.4, 0.5) is 4.79 Å². The van der Waals surface area contributed by atoms with Crippen molar-refractivity contribution in [2.75, 3.05) is 33.5 Å². The van der Waals surface area contributed by atoms with Crippen LogP contribution in [0, 0.1) is 0 Å². The zero-order chi connectivity index (χ0) is 27.2. The number of ether oxygens (including phenoxy) is 4. The molecule has 2 atom stereocenters. The molecule has 0 bridgehead atoms. The third kappa shape index (κ3) is 9.21. The van der Waals surface area contributed by atoms with Crippen LogP contribution in [-0.2, 0) is 25.7 Å². The maximum Gasteiger partial charge on any atom is 0.411 e. The summed E-state index contributed by atoms with van der Waals surface area (Å²) in [6.07, 6.45) is 2.26. The van der Waals surface area contributed by atoms with Gasteiger partial charge in [0.15, 0.2) is 12.4 Å². The van der Waals surface area contributed by atoms with Crippen molar-refractivity contribution in [1.82, 2.24) is 9.88 Å². The van der Waals surface area contributed by atoms with Crippen LogP contribution < -0.4 is 4.57 Å². The minimum Gasteiger partial charge on any atom is -0.444 e. The van der Waals surface area contributed by atoms with Crippen LogP contribution in [0.1, 0.15) is 39.1 Å². The molecule has 206 valence electrons. The highest BCUT2D eigenvalue weighted by Gasteiger charge is 2.44. The Morgan fingerprint density at radius 3 is 2.49 bits per heavy atom. The van der Waals surface area contributed by atoms with E-state index in [1.54, 1.807) is 12.0 Å². The van der Waals surface area contributed by atoms with E-state index in [0.29, 0.717) is 39.5 Å². The number of hydrogen-bond acceptors (Lipinski definition) is 5. The van der Waals surface area contributed by atoms with Crippen molar-refractivity contribution < 1.29 is 28.3 Å². The monoisotopic (exact) mass is 596 g/mol. The van der Waals surface area contributed by atoms with E-state index in [1.165, 1.54) is 0 Å². The summed E-state index contributed by atoms with van der Waals surface area (Å²) in [5, 5.41) is 0. The van der Waals surface area contributed by atoms with Gasteiger partial charge in [0.05, 0.1) is 25.9 Å². The molecule has 8 nitrogen and oxygen atoms in total. The number of benzene rings is 1. The zero-order valence-electron chi connectivity index (χ0n) is 23.3. The summed E-state index contributed by atoms with van der Waals surface area (Å²) in [5.74, 6) is 0.898. The lowest BCUT2D eigenvalue weighted by molar-refractivity contribution is -0.739. The fourth-order valence-electron chi connectivity index (χ4n) is 4.16. The Labute approximate surface area is 230 Å². The van der Waals surface area contributed by atoms with E-state index < -0.39 is 13.7 Å². The molecule has 1 aliphatic heterocycles. The first-order valence-electron chi connectivity index (χ1n) is 12.9. The fourth-order valence-corrected chi connectivity index (χ4v) is 5.19. The molecule has 0 spiro atoms. The molecule has 1 N–H and O–H groups in total. The third-order valence-electron chi connectivity index (χ3n) is 6.09. The largest absolute Gasteiger partial charge is 0.444 e. The predicted octanol–water partition coefficient (Wildman–Crippen LogP) is 5.76. The van der Waals surface area contributed by atoms with Gasteiger partial charge in [0.2, 0.25) is 0 Å². The molecule has 0 aliphatic carbocycles. The number of nitrogens with one attached hydrogen (secondary N) is 1.